The van der Waals surface area contributed by atoms with Crippen LogP contribution in [0.5, 0.6) is 0 Å². The van der Waals surface area contributed by atoms with Gasteiger partial charge in [-0.1, -0.05) is 49.1 Å². The minimum absolute atomic E-state index is 0.431. The van der Waals surface area contributed by atoms with Crippen molar-refractivity contribution in [2.75, 3.05) is 6.54 Å². The Morgan fingerprint density at radius 2 is 1.94 bits per heavy atom. The molecule has 0 saturated carbocycles. The molecule has 1 heteroatoms. The molecule has 0 fully saturated rings. The van der Waals surface area contributed by atoms with Crippen LogP contribution in [0.4, 0.5) is 0 Å². The van der Waals surface area contributed by atoms with Gasteiger partial charge in [-0.05, 0) is 25.5 Å². The van der Waals surface area contributed by atoms with E-state index in [4.69, 9.17) is 0 Å². The second-order valence-electron chi connectivity index (χ2n) is 4.27. The van der Waals surface area contributed by atoms with Gasteiger partial charge in [0.1, 0.15) is 0 Å². The average Bonchev–Trinajstić information content (AvgIpc) is 2.34. The highest BCUT2D eigenvalue weighted by Crippen LogP contribution is 2.11. The van der Waals surface area contributed by atoms with Gasteiger partial charge >= 0.3 is 0 Å². The van der Waals surface area contributed by atoms with Crippen LogP contribution in [0.15, 0.2) is 61.3 Å². The molecule has 0 atom stereocenters. The first-order chi connectivity index (χ1) is 8.15. The maximum atomic E-state index is 4.10. The zero-order chi connectivity index (χ0) is 12.7. The highest BCUT2D eigenvalue weighted by atomic mass is 15.1. The lowest BCUT2D eigenvalue weighted by atomic mass is 10.2. The number of allylic oxidation sites excluding steroid dienone is 1. The molecule has 0 saturated heterocycles. The summed E-state index contributed by atoms with van der Waals surface area (Å²) in [6.45, 7) is 13.0. The zero-order valence-corrected chi connectivity index (χ0v) is 10.8. The Balaban J connectivity index is 2.70. The molecular weight excluding hydrogens is 206 g/mol. The Kier molecular flexibility index (Phi) is 5.28. The third-order valence-corrected chi connectivity index (χ3v) is 2.59. The lowest BCUT2D eigenvalue weighted by molar-refractivity contribution is 0.324. The summed E-state index contributed by atoms with van der Waals surface area (Å²) in [4.78, 5) is 2.21. The van der Waals surface area contributed by atoms with Gasteiger partial charge in [0.2, 0.25) is 0 Å². The molecule has 0 aliphatic heterocycles. The first kappa shape index (κ1) is 13.3. The smallest absolute Gasteiger partial charge is 0.0359 e. The third kappa shape index (κ3) is 4.31. The fourth-order valence-electron chi connectivity index (χ4n) is 1.65. The van der Waals surface area contributed by atoms with Gasteiger partial charge in [0, 0.05) is 18.3 Å². The van der Waals surface area contributed by atoms with E-state index in [2.05, 4.69) is 56.2 Å². The van der Waals surface area contributed by atoms with E-state index in [0.717, 1.165) is 12.2 Å². The van der Waals surface area contributed by atoms with E-state index in [9.17, 15) is 0 Å². The van der Waals surface area contributed by atoms with Gasteiger partial charge in [-0.2, -0.15) is 0 Å². The molecule has 1 aromatic carbocycles. The Bertz CT molecular complexity index is 387. The monoisotopic (exact) mass is 227 g/mol. The summed E-state index contributed by atoms with van der Waals surface area (Å²) in [5.41, 5.74) is 2.21. The predicted molar refractivity (Wildman–Crippen MR) is 76.7 cm³/mol. The maximum absolute atomic E-state index is 4.10. The first-order valence-electron chi connectivity index (χ1n) is 5.94. The molecule has 0 unspecified atom stereocenters. The normalized spacial score (nSPS) is 10.8. The number of hydrogen-bond acceptors (Lipinski definition) is 1. The number of hydrogen-bond donors (Lipinski definition) is 0. The Morgan fingerprint density at radius 3 is 2.47 bits per heavy atom. The molecule has 1 rings (SSSR count). The number of rotatable bonds is 6. The summed E-state index contributed by atoms with van der Waals surface area (Å²) >= 11 is 0. The van der Waals surface area contributed by atoms with Crippen LogP contribution in [-0.4, -0.2) is 17.5 Å². The van der Waals surface area contributed by atoms with Gasteiger partial charge in [0.05, 0.1) is 0 Å². The van der Waals surface area contributed by atoms with Gasteiger partial charge in [-0.15, -0.1) is 6.58 Å². The van der Waals surface area contributed by atoms with Crippen molar-refractivity contribution >= 4 is 6.08 Å². The summed E-state index contributed by atoms with van der Waals surface area (Å²) in [6, 6.07) is 10.7. The Hall–Kier alpha value is -1.76. The van der Waals surface area contributed by atoms with Crippen molar-refractivity contribution in [3.63, 3.8) is 0 Å². The largest absolute Gasteiger partial charge is 0.366 e. The molecule has 0 bridgehead atoms. The standard InChI is InChI=1S/C16H21N/c1-5-13-17(14(2)3)15(4)11-12-16-9-7-6-8-10-16/h5-12,14H,1,4,13H2,2-3H3/b12-11+. The molecule has 1 aromatic rings. The van der Waals surface area contributed by atoms with Crippen LogP contribution in [0.2, 0.25) is 0 Å². The molecule has 0 aliphatic rings. The van der Waals surface area contributed by atoms with Gasteiger partial charge in [-0.25, -0.2) is 0 Å². The van der Waals surface area contributed by atoms with Crippen molar-refractivity contribution in [1.29, 1.82) is 0 Å². The van der Waals surface area contributed by atoms with Gasteiger partial charge in [-0.3, -0.25) is 0 Å². The van der Waals surface area contributed by atoms with E-state index in [-0.39, 0.29) is 0 Å². The van der Waals surface area contributed by atoms with Crippen LogP contribution >= 0.6 is 0 Å². The summed E-state index contributed by atoms with van der Waals surface area (Å²) in [7, 11) is 0. The van der Waals surface area contributed by atoms with E-state index in [0.29, 0.717) is 6.04 Å². The van der Waals surface area contributed by atoms with Crippen LogP contribution in [0.1, 0.15) is 19.4 Å². The van der Waals surface area contributed by atoms with Crippen molar-refractivity contribution in [3.05, 3.63) is 66.9 Å². The Morgan fingerprint density at radius 1 is 1.29 bits per heavy atom. The number of benzene rings is 1. The summed E-state index contributed by atoms with van der Waals surface area (Å²) < 4.78 is 0. The SMILES string of the molecule is C=CCN(C(=C)/C=C/c1ccccc1)C(C)C. The maximum Gasteiger partial charge on any atom is 0.0359 e. The van der Waals surface area contributed by atoms with Crippen LogP contribution < -0.4 is 0 Å². The molecule has 17 heavy (non-hydrogen) atoms. The highest BCUT2D eigenvalue weighted by molar-refractivity contribution is 5.52. The van der Waals surface area contributed by atoms with Gasteiger partial charge in [0.15, 0.2) is 0 Å². The van der Waals surface area contributed by atoms with E-state index < -0.39 is 0 Å². The molecule has 0 aliphatic carbocycles. The van der Waals surface area contributed by atoms with Crippen LogP contribution in [0.25, 0.3) is 6.08 Å². The minimum Gasteiger partial charge on any atom is -0.366 e. The fourth-order valence-corrected chi connectivity index (χ4v) is 1.65. The molecule has 0 heterocycles. The third-order valence-electron chi connectivity index (χ3n) is 2.59. The first-order valence-corrected chi connectivity index (χ1v) is 5.94. The molecule has 0 N–H and O–H groups in total. The summed E-state index contributed by atoms with van der Waals surface area (Å²) in [5, 5.41) is 0. The quantitative estimate of drug-likeness (QED) is 0.522. The topological polar surface area (TPSA) is 3.24 Å². The molecule has 0 radical (unpaired) electrons. The predicted octanol–water partition coefficient (Wildman–Crippen LogP) is 4.11. The van der Waals surface area contributed by atoms with E-state index in [1.54, 1.807) is 0 Å². The van der Waals surface area contributed by atoms with Crippen LogP contribution in [0, 0.1) is 0 Å². The second-order valence-corrected chi connectivity index (χ2v) is 4.27. The van der Waals surface area contributed by atoms with E-state index in [1.165, 1.54) is 5.56 Å². The van der Waals surface area contributed by atoms with E-state index in [1.807, 2.05) is 24.3 Å². The minimum atomic E-state index is 0.431. The molecule has 0 aromatic heterocycles. The summed E-state index contributed by atoms with van der Waals surface area (Å²) in [6.07, 6.45) is 6.04. The molecular formula is C16H21N. The van der Waals surface area contributed by atoms with Crippen molar-refractivity contribution in [3.8, 4) is 0 Å². The van der Waals surface area contributed by atoms with Crippen molar-refractivity contribution in [2.24, 2.45) is 0 Å². The second kappa shape index (κ2) is 6.74. The van der Waals surface area contributed by atoms with Crippen LogP contribution in [0.3, 0.4) is 0 Å². The lowest BCUT2D eigenvalue weighted by Crippen LogP contribution is -2.29. The average molecular weight is 227 g/mol. The molecule has 0 amide bonds. The van der Waals surface area contributed by atoms with Gasteiger partial charge < -0.3 is 4.90 Å². The molecule has 0 spiro atoms. The van der Waals surface area contributed by atoms with Crippen LogP contribution in [-0.2, 0) is 0 Å². The lowest BCUT2D eigenvalue weighted by Gasteiger charge is -2.27. The van der Waals surface area contributed by atoms with Crippen molar-refractivity contribution in [2.45, 2.75) is 19.9 Å². The molecule has 1 nitrogen and oxygen atoms in total. The Labute approximate surface area is 105 Å². The highest BCUT2D eigenvalue weighted by Gasteiger charge is 2.06. The summed E-state index contributed by atoms with van der Waals surface area (Å²) in [5.74, 6) is 0. The van der Waals surface area contributed by atoms with Crippen molar-refractivity contribution < 1.29 is 0 Å². The fraction of sp³-hybridized carbons (Fsp3) is 0.250. The van der Waals surface area contributed by atoms with Gasteiger partial charge in [0.25, 0.3) is 0 Å². The van der Waals surface area contributed by atoms with Crippen molar-refractivity contribution in [1.82, 2.24) is 4.90 Å². The zero-order valence-electron chi connectivity index (χ0n) is 10.8. The van der Waals surface area contributed by atoms with E-state index >= 15 is 0 Å². The number of nitrogens with zero attached hydrogens (tertiary/aromatic N) is 1. The molecule has 90 valence electrons.